The normalized spacial score (nSPS) is 12.0. The fourth-order valence-corrected chi connectivity index (χ4v) is 2.86. The summed E-state index contributed by atoms with van der Waals surface area (Å²) in [5.74, 6) is -0.882. The number of benzene rings is 1. The molecule has 1 unspecified atom stereocenters. The molecule has 168 valence electrons. The van der Waals surface area contributed by atoms with Crippen molar-refractivity contribution in [2.24, 2.45) is 0 Å². The van der Waals surface area contributed by atoms with Crippen LogP contribution in [0.1, 0.15) is 65.5 Å². The lowest BCUT2D eigenvalue weighted by Gasteiger charge is -2.31. The second-order valence-corrected chi connectivity index (χ2v) is 8.05. The van der Waals surface area contributed by atoms with E-state index in [-0.39, 0.29) is 24.7 Å². The summed E-state index contributed by atoms with van der Waals surface area (Å²) in [6.45, 7) is 9.53. The lowest BCUT2D eigenvalue weighted by molar-refractivity contribution is -0.140. The van der Waals surface area contributed by atoms with Crippen molar-refractivity contribution in [3.63, 3.8) is 0 Å². The topological polar surface area (TPSA) is 108 Å². The number of carbonyl (C=O) groups excluding carboxylic acids is 3. The summed E-state index contributed by atoms with van der Waals surface area (Å²) in [5.41, 5.74) is -0.348. The molecular weight excluding hydrogens is 386 g/mol. The van der Waals surface area contributed by atoms with Crippen LogP contribution in [-0.4, -0.2) is 53.1 Å². The third-order valence-corrected chi connectivity index (χ3v) is 4.19. The number of para-hydroxylation sites is 1. The Morgan fingerprint density at radius 2 is 1.77 bits per heavy atom. The van der Waals surface area contributed by atoms with Gasteiger partial charge in [-0.2, -0.15) is 0 Å². The molecule has 0 aliphatic rings. The van der Waals surface area contributed by atoms with E-state index in [1.54, 1.807) is 39.0 Å². The number of amides is 3. The van der Waals surface area contributed by atoms with Gasteiger partial charge in [0, 0.05) is 18.7 Å². The molecule has 1 rings (SSSR count). The maximum atomic E-state index is 13.0. The summed E-state index contributed by atoms with van der Waals surface area (Å²) in [7, 11) is 0. The number of alkyl carbamates (subject to hydrolysis) is 1. The van der Waals surface area contributed by atoms with Gasteiger partial charge < -0.3 is 25.4 Å². The smallest absolute Gasteiger partial charge is 0.408 e. The average molecular weight is 422 g/mol. The standard InChI is InChI=1S/C22H35N3O5/c1-6-8-13-23-20(28)19(16-11-9-10-12-17(16)26)25(14-7-2)18(27)15-24-21(29)30-22(3,4)5/h9-12,19,26H,6-8,13-15H2,1-5H3,(H,23,28)(H,24,29). The van der Waals surface area contributed by atoms with Crippen LogP contribution in [-0.2, 0) is 14.3 Å². The molecule has 0 radical (unpaired) electrons. The Morgan fingerprint density at radius 1 is 1.10 bits per heavy atom. The number of ether oxygens (including phenoxy) is 1. The van der Waals surface area contributed by atoms with Crippen LogP contribution in [0.15, 0.2) is 24.3 Å². The Bertz CT molecular complexity index is 715. The van der Waals surface area contributed by atoms with Gasteiger partial charge >= 0.3 is 6.09 Å². The van der Waals surface area contributed by atoms with Crippen LogP contribution in [0.5, 0.6) is 5.75 Å². The number of unbranched alkanes of at least 4 members (excludes halogenated alkanes) is 1. The molecule has 8 heteroatoms. The maximum absolute atomic E-state index is 13.0. The molecule has 0 aliphatic carbocycles. The van der Waals surface area contributed by atoms with Gasteiger partial charge in [0.25, 0.3) is 0 Å². The lowest BCUT2D eigenvalue weighted by Crippen LogP contribution is -2.48. The molecule has 8 nitrogen and oxygen atoms in total. The number of phenols is 1. The van der Waals surface area contributed by atoms with Gasteiger partial charge in [-0.05, 0) is 39.7 Å². The third kappa shape index (κ3) is 8.31. The fourth-order valence-electron chi connectivity index (χ4n) is 2.86. The van der Waals surface area contributed by atoms with Crippen molar-refractivity contribution in [1.29, 1.82) is 0 Å². The van der Waals surface area contributed by atoms with Crippen molar-refractivity contribution < 1.29 is 24.2 Å². The van der Waals surface area contributed by atoms with E-state index in [1.807, 2.05) is 13.8 Å². The van der Waals surface area contributed by atoms with Crippen LogP contribution < -0.4 is 10.6 Å². The summed E-state index contributed by atoms with van der Waals surface area (Å²) < 4.78 is 5.16. The van der Waals surface area contributed by atoms with E-state index in [2.05, 4.69) is 10.6 Å². The van der Waals surface area contributed by atoms with Gasteiger partial charge in [-0.1, -0.05) is 38.5 Å². The van der Waals surface area contributed by atoms with Crippen LogP contribution >= 0.6 is 0 Å². The molecule has 1 aromatic rings. The minimum Gasteiger partial charge on any atom is -0.508 e. The average Bonchev–Trinajstić information content (AvgIpc) is 2.66. The van der Waals surface area contributed by atoms with Gasteiger partial charge in [0.2, 0.25) is 11.8 Å². The van der Waals surface area contributed by atoms with E-state index in [0.717, 1.165) is 12.8 Å². The molecule has 0 fully saturated rings. The van der Waals surface area contributed by atoms with Crippen molar-refractivity contribution in [1.82, 2.24) is 15.5 Å². The van der Waals surface area contributed by atoms with E-state index in [0.29, 0.717) is 18.5 Å². The molecule has 0 spiro atoms. The largest absolute Gasteiger partial charge is 0.508 e. The number of hydrogen-bond acceptors (Lipinski definition) is 5. The molecule has 1 atom stereocenters. The zero-order valence-corrected chi connectivity index (χ0v) is 18.7. The van der Waals surface area contributed by atoms with Gasteiger partial charge in [-0.3, -0.25) is 9.59 Å². The first-order valence-electron chi connectivity index (χ1n) is 10.4. The van der Waals surface area contributed by atoms with Gasteiger partial charge in [-0.25, -0.2) is 4.79 Å². The Morgan fingerprint density at radius 3 is 2.33 bits per heavy atom. The summed E-state index contributed by atoms with van der Waals surface area (Å²) >= 11 is 0. The van der Waals surface area contributed by atoms with Crippen molar-refractivity contribution >= 4 is 17.9 Å². The minimum absolute atomic E-state index is 0.0675. The third-order valence-electron chi connectivity index (χ3n) is 4.19. The molecule has 3 N–H and O–H groups in total. The first kappa shape index (κ1) is 25.3. The molecule has 0 bridgehead atoms. The monoisotopic (exact) mass is 421 g/mol. The molecule has 0 saturated carbocycles. The molecule has 30 heavy (non-hydrogen) atoms. The van der Waals surface area contributed by atoms with E-state index >= 15 is 0 Å². The lowest BCUT2D eigenvalue weighted by atomic mass is 10.0. The molecular formula is C22H35N3O5. The maximum Gasteiger partial charge on any atom is 0.408 e. The van der Waals surface area contributed by atoms with E-state index in [1.165, 1.54) is 11.0 Å². The highest BCUT2D eigenvalue weighted by atomic mass is 16.6. The number of phenolic OH excluding ortho intramolecular Hbond substituents is 1. The van der Waals surface area contributed by atoms with Crippen LogP contribution in [0.3, 0.4) is 0 Å². The fraction of sp³-hybridized carbons (Fsp3) is 0.591. The summed E-state index contributed by atoms with van der Waals surface area (Å²) in [5, 5.41) is 15.6. The molecule has 0 saturated heterocycles. The van der Waals surface area contributed by atoms with E-state index in [4.69, 9.17) is 4.74 Å². The van der Waals surface area contributed by atoms with Gasteiger partial charge in [0.15, 0.2) is 0 Å². The van der Waals surface area contributed by atoms with Crippen molar-refractivity contribution in [2.75, 3.05) is 19.6 Å². The number of aromatic hydroxyl groups is 1. The minimum atomic E-state index is -1.00. The first-order chi connectivity index (χ1) is 14.1. The predicted molar refractivity (Wildman–Crippen MR) is 115 cm³/mol. The zero-order chi connectivity index (χ0) is 22.7. The van der Waals surface area contributed by atoms with E-state index < -0.39 is 23.6 Å². The summed E-state index contributed by atoms with van der Waals surface area (Å²) in [6, 6.07) is 5.46. The Kier molecular flexibility index (Phi) is 10.1. The predicted octanol–water partition coefficient (Wildman–Crippen LogP) is 3.11. The highest BCUT2D eigenvalue weighted by molar-refractivity contribution is 5.90. The van der Waals surface area contributed by atoms with Crippen LogP contribution in [0.2, 0.25) is 0 Å². The summed E-state index contributed by atoms with van der Waals surface area (Å²) in [4.78, 5) is 39.3. The molecule has 1 aromatic carbocycles. The highest BCUT2D eigenvalue weighted by Crippen LogP contribution is 2.29. The number of carbonyl (C=O) groups is 3. The molecule has 0 aliphatic heterocycles. The Hall–Kier alpha value is -2.77. The number of rotatable bonds is 10. The van der Waals surface area contributed by atoms with Gasteiger partial charge in [0.05, 0.1) is 0 Å². The molecule has 3 amide bonds. The van der Waals surface area contributed by atoms with Crippen molar-refractivity contribution in [2.45, 2.75) is 65.5 Å². The van der Waals surface area contributed by atoms with Crippen LogP contribution in [0.25, 0.3) is 0 Å². The first-order valence-corrected chi connectivity index (χ1v) is 10.4. The van der Waals surface area contributed by atoms with E-state index in [9.17, 15) is 19.5 Å². The second-order valence-electron chi connectivity index (χ2n) is 8.05. The number of hydrogen-bond donors (Lipinski definition) is 3. The zero-order valence-electron chi connectivity index (χ0n) is 18.7. The molecule has 0 aromatic heterocycles. The molecule has 0 heterocycles. The Balaban J connectivity index is 3.08. The highest BCUT2D eigenvalue weighted by Gasteiger charge is 2.32. The van der Waals surface area contributed by atoms with Crippen molar-refractivity contribution in [3.05, 3.63) is 29.8 Å². The Labute approximate surface area is 179 Å². The number of nitrogens with zero attached hydrogens (tertiary/aromatic N) is 1. The van der Waals surface area contributed by atoms with Crippen molar-refractivity contribution in [3.8, 4) is 5.75 Å². The number of nitrogens with one attached hydrogen (secondary N) is 2. The second kappa shape index (κ2) is 12.0. The van der Waals surface area contributed by atoms with Crippen LogP contribution in [0.4, 0.5) is 4.79 Å². The van der Waals surface area contributed by atoms with Gasteiger partial charge in [0.1, 0.15) is 23.9 Å². The SMILES string of the molecule is CCCCNC(=O)C(c1ccccc1O)N(CCC)C(=O)CNC(=O)OC(C)(C)C. The van der Waals surface area contributed by atoms with Gasteiger partial charge in [-0.15, -0.1) is 0 Å². The van der Waals surface area contributed by atoms with Crippen LogP contribution in [0, 0.1) is 0 Å². The summed E-state index contributed by atoms with van der Waals surface area (Å²) in [6.07, 6.45) is 1.61. The quantitative estimate of drug-likeness (QED) is 0.503.